The zero-order valence-corrected chi connectivity index (χ0v) is 19.5. The number of carbonyl (C=O) groups excluding carboxylic acids is 2. The van der Waals surface area contributed by atoms with Crippen LogP contribution in [0, 0.1) is 18.8 Å². The molecule has 1 saturated carbocycles. The number of rotatable bonds is 8. The van der Waals surface area contributed by atoms with Crippen molar-refractivity contribution in [1.29, 1.82) is 0 Å². The smallest absolute Gasteiger partial charge is 0.248 e. The summed E-state index contributed by atoms with van der Waals surface area (Å²) in [5.41, 5.74) is 8.78. The molecule has 176 valence electrons. The molecule has 1 heterocycles. The number of ether oxygens (including phenoxy) is 1. The van der Waals surface area contributed by atoms with E-state index in [9.17, 15) is 9.59 Å². The second-order valence-electron chi connectivity index (χ2n) is 9.39. The average molecular weight is 450 g/mol. The Balaban J connectivity index is 1.45. The molecule has 0 saturated heterocycles. The molecule has 1 aliphatic heterocycles. The molecule has 2 aliphatic rings. The van der Waals surface area contributed by atoms with Crippen molar-refractivity contribution >= 4 is 17.5 Å². The second-order valence-corrected chi connectivity index (χ2v) is 9.39. The summed E-state index contributed by atoms with van der Waals surface area (Å²) in [6.07, 6.45) is 6.36. The first kappa shape index (κ1) is 23.3. The van der Waals surface area contributed by atoms with E-state index in [4.69, 9.17) is 10.5 Å². The van der Waals surface area contributed by atoms with E-state index < -0.39 is 6.04 Å². The van der Waals surface area contributed by atoms with Gasteiger partial charge in [-0.3, -0.25) is 9.59 Å². The van der Waals surface area contributed by atoms with Gasteiger partial charge in [0, 0.05) is 5.92 Å². The van der Waals surface area contributed by atoms with Gasteiger partial charge in [0.2, 0.25) is 11.8 Å². The number of benzene rings is 2. The number of nitrogens with two attached hydrogens (primary N) is 1. The molecule has 33 heavy (non-hydrogen) atoms. The lowest BCUT2D eigenvalue weighted by Crippen LogP contribution is -2.49. The van der Waals surface area contributed by atoms with E-state index in [2.05, 4.69) is 36.5 Å². The molecule has 4 rings (SSSR count). The van der Waals surface area contributed by atoms with Gasteiger partial charge in [-0.1, -0.05) is 61.2 Å². The first-order valence-corrected chi connectivity index (χ1v) is 12.1. The number of amides is 2. The van der Waals surface area contributed by atoms with Gasteiger partial charge in [-0.25, -0.2) is 0 Å². The van der Waals surface area contributed by atoms with Crippen LogP contribution in [0.15, 0.2) is 48.5 Å². The molecule has 2 aromatic rings. The number of aryl methyl sites for hydroxylation is 1. The van der Waals surface area contributed by atoms with Gasteiger partial charge in [0.25, 0.3) is 0 Å². The molecule has 3 N–H and O–H groups in total. The van der Waals surface area contributed by atoms with Crippen LogP contribution in [0.2, 0.25) is 0 Å². The van der Waals surface area contributed by atoms with Gasteiger partial charge < -0.3 is 20.7 Å². The van der Waals surface area contributed by atoms with Crippen LogP contribution in [0.1, 0.15) is 49.7 Å². The maximum absolute atomic E-state index is 13.6. The molecule has 6 heteroatoms. The molecule has 1 fully saturated rings. The van der Waals surface area contributed by atoms with E-state index in [-0.39, 0.29) is 24.3 Å². The Morgan fingerprint density at radius 1 is 1.12 bits per heavy atom. The number of para-hydroxylation sites is 2. The molecule has 0 spiro atoms. The number of anilines is 1. The zero-order chi connectivity index (χ0) is 23.2. The Hall–Kier alpha value is -2.86. The minimum atomic E-state index is -0.484. The highest BCUT2D eigenvalue weighted by Crippen LogP contribution is 2.33. The maximum Gasteiger partial charge on any atom is 0.248 e. The van der Waals surface area contributed by atoms with Crippen molar-refractivity contribution < 1.29 is 14.3 Å². The number of carbonyl (C=O) groups is 2. The number of primary amides is 1. The highest BCUT2D eigenvalue weighted by molar-refractivity contribution is 5.99. The lowest BCUT2D eigenvalue weighted by atomic mass is 9.78. The van der Waals surface area contributed by atoms with Gasteiger partial charge in [0.05, 0.1) is 12.2 Å². The van der Waals surface area contributed by atoms with Crippen molar-refractivity contribution in [2.75, 3.05) is 18.1 Å². The fraction of sp³-hybridized carbons (Fsp3) is 0.481. The fourth-order valence-electron chi connectivity index (χ4n) is 5.10. The summed E-state index contributed by atoms with van der Waals surface area (Å²) < 4.78 is 6.02. The molecular weight excluding hydrogens is 414 g/mol. The van der Waals surface area contributed by atoms with E-state index in [0.717, 1.165) is 24.1 Å². The number of nitrogens with zero attached hydrogens (tertiary/aromatic N) is 1. The average Bonchev–Trinajstić information content (AvgIpc) is 2.95. The van der Waals surface area contributed by atoms with E-state index in [1.165, 1.54) is 24.8 Å². The van der Waals surface area contributed by atoms with Crippen molar-refractivity contribution in [3.8, 4) is 5.75 Å². The van der Waals surface area contributed by atoms with Crippen molar-refractivity contribution in [2.24, 2.45) is 17.6 Å². The van der Waals surface area contributed by atoms with Crippen molar-refractivity contribution in [3.05, 3.63) is 59.7 Å². The second kappa shape index (κ2) is 10.8. The van der Waals surface area contributed by atoms with E-state index >= 15 is 0 Å². The van der Waals surface area contributed by atoms with Gasteiger partial charge >= 0.3 is 0 Å². The van der Waals surface area contributed by atoms with E-state index in [1.807, 2.05) is 24.3 Å². The normalized spacial score (nSPS) is 20.0. The monoisotopic (exact) mass is 449 g/mol. The minimum Gasteiger partial charge on any atom is -0.489 e. The third-order valence-electron chi connectivity index (χ3n) is 7.02. The molecular formula is C27H35N3O3. The number of hydrogen-bond donors (Lipinski definition) is 2. The highest BCUT2D eigenvalue weighted by Gasteiger charge is 2.32. The first-order valence-electron chi connectivity index (χ1n) is 12.1. The zero-order valence-electron chi connectivity index (χ0n) is 19.5. The summed E-state index contributed by atoms with van der Waals surface area (Å²) >= 11 is 0. The summed E-state index contributed by atoms with van der Waals surface area (Å²) in [7, 11) is 0. The van der Waals surface area contributed by atoms with Gasteiger partial charge in [-0.15, -0.1) is 0 Å². The topological polar surface area (TPSA) is 84.7 Å². The number of fused-ring (bicyclic) bond motifs is 1. The van der Waals surface area contributed by atoms with Gasteiger partial charge in [0.1, 0.15) is 18.4 Å². The molecule has 0 bridgehead atoms. The van der Waals surface area contributed by atoms with Crippen LogP contribution in [0.5, 0.6) is 5.75 Å². The van der Waals surface area contributed by atoms with Gasteiger partial charge in [-0.2, -0.15) is 0 Å². The van der Waals surface area contributed by atoms with Crippen LogP contribution in [-0.2, 0) is 16.1 Å². The Labute approximate surface area is 196 Å². The minimum absolute atomic E-state index is 0.0196. The number of nitrogens with one attached hydrogen (secondary N) is 1. The molecule has 6 nitrogen and oxygen atoms in total. The molecule has 2 aromatic carbocycles. The fourth-order valence-corrected chi connectivity index (χ4v) is 5.10. The summed E-state index contributed by atoms with van der Waals surface area (Å²) in [6, 6.07) is 15.4. The predicted molar refractivity (Wildman–Crippen MR) is 130 cm³/mol. The van der Waals surface area contributed by atoms with Crippen LogP contribution in [0.3, 0.4) is 0 Å². The van der Waals surface area contributed by atoms with E-state index in [0.29, 0.717) is 31.2 Å². The predicted octanol–water partition coefficient (Wildman–Crippen LogP) is 3.95. The van der Waals surface area contributed by atoms with Gasteiger partial charge in [-0.05, 0) is 56.3 Å². The van der Waals surface area contributed by atoms with Crippen molar-refractivity contribution in [2.45, 2.75) is 58.0 Å². The quantitative estimate of drug-likeness (QED) is 0.639. The van der Waals surface area contributed by atoms with Crippen LogP contribution < -0.4 is 20.7 Å². The van der Waals surface area contributed by atoms with Crippen molar-refractivity contribution in [3.63, 3.8) is 0 Å². The lowest BCUT2D eigenvalue weighted by Gasteiger charge is -2.29. The maximum atomic E-state index is 13.6. The van der Waals surface area contributed by atoms with Gasteiger partial charge in [0.15, 0.2) is 0 Å². The summed E-state index contributed by atoms with van der Waals surface area (Å²) in [6.45, 7) is 3.34. The van der Waals surface area contributed by atoms with Crippen LogP contribution in [0.4, 0.5) is 5.69 Å². The highest BCUT2D eigenvalue weighted by atomic mass is 16.5. The Kier molecular flexibility index (Phi) is 7.65. The largest absolute Gasteiger partial charge is 0.489 e. The Morgan fingerprint density at radius 3 is 2.58 bits per heavy atom. The molecule has 0 aromatic heterocycles. The summed E-state index contributed by atoms with van der Waals surface area (Å²) in [5.74, 6) is 0.690. The van der Waals surface area contributed by atoms with Crippen molar-refractivity contribution in [1.82, 2.24) is 5.32 Å². The van der Waals surface area contributed by atoms with Crippen LogP contribution in [0.25, 0.3) is 0 Å². The Bertz CT molecular complexity index is 953. The third-order valence-corrected chi connectivity index (χ3v) is 7.02. The molecule has 0 unspecified atom stereocenters. The number of hydrogen-bond acceptors (Lipinski definition) is 4. The first-order chi connectivity index (χ1) is 16.0. The van der Waals surface area contributed by atoms with Crippen LogP contribution >= 0.6 is 0 Å². The Morgan fingerprint density at radius 2 is 1.85 bits per heavy atom. The van der Waals surface area contributed by atoms with Crippen LogP contribution in [-0.4, -0.2) is 31.0 Å². The molecule has 1 aliphatic carbocycles. The lowest BCUT2D eigenvalue weighted by molar-refractivity contribution is -0.124. The van der Waals surface area contributed by atoms with E-state index in [1.54, 1.807) is 4.90 Å². The standard InChI is InChI=1S/C27H35N3O3/c1-19-11-13-20(14-12-19)17-30-24-9-5-6-10-25(24)33-18-23(27(30)32)29-16-15-22(26(28)31)21-7-3-2-4-8-21/h5-6,9-14,21-23,29H,2-4,7-8,15-18H2,1H3,(H2,28,31)/t22-,23-/m0/s1. The molecule has 2 atom stereocenters. The molecule has 2 amide bonds. The SMILES string of the molecule is Cc1ccc(CN2C(=O)[C@@H](NCC[C@H](C(N)=O)C3CCCCC3)COc3ccccc32)cc1. The summed E-state index contributed by atoms with van der Waals surface area (Å²) in [4.78, 5) is 27.5. The third kappa shape index (κ3) is 5.74. The molecule has 0 radical (unpaired) electrons. The summed E-state index contributed by atoms with van der Waals surface area (Å²) in [5, 5.41) is 3.37.